The molecule has 0 rings (SSSR count). The fraction of sp³-hybridized carbons (Fsp3) is 1.00. The molecule has 0 bridgehead atoms. The van der Waals surface area contributed by atoms with Gasteiger partial charge in [-0.1, -0.05) is 6.92 Å². The lowest BCUT2D eigenvalue weighted by Crippen LogP contribution is -2.08. The molecule has 66 valence electrons. The van der Waals surface area contributed by atoms with Crippen molar-refractivity contribution in [2.24, 2.45) is 0 Å². The molecule has 7 heteroatoms. The normalized spacial score (nSPS) is 13.3. The summed E-state index contributed by atoms with van der Waals surface area (Å²) in [5.41, 5.74) is 0. The molecule has 11 heavy (non-hydrogen) atoms. The zero-order valence-corrected chi connectivity index (χ0v) is 6.61. The van der Waals surface area contributed by atoms with Crippen LogP contribution < -0.4 is 0 Å². The van der Waals surface area contributed by atoms with Crippen molar-refractivity contribution in [2.75, 3.05) is 6.61 Å². The summed E-state index contributed by atoms with van der Waals surface area (Å²) in [7, 11) is -3.05. The number of halogens is 3. The SMILES string of the molecule is CCCO[P+](=O)OC(F)(F)F. The molecule has 0 amide bonds. The summed E-state index contributed by atoms with van der Waals surface area (Å²) in [4.78, 5) is 0. The van der Waals surface area contributed by atoms with Gasteiger partial charge in [0, 0.05) is 4.57 Å². The first-order valence-corrected chi connectivity index (χ1v) is 3.91. The number of hydrogen-bond acceptors (Lipinski definition) is 3. The molecule has 0 aromatic heterocycles. The van der Waals surface area contributed by atoms with E-state index < -0.39 is 14.6 Å². The summed E-state index contributed by atoms with van der Waals surface area (Å²) in [6, 6.07) is 0. The maximum Gasteiger partial charge on any atom is 0.706 e. The van der Waals surface area contributed by atoms with Gasteiger partial charge in [0.2, 0.25) is 0 Å². The molecule has 1 atom stereocenters. The molecule has 3 nitrogen and oxygen atoms in total. The summed E-state index contributed by atoms with van der Waals surface area (Å²) in [5.74, 6) is 0. The Morgan fingerprint density at radius 1 is 1.45 bits per heavy atom. The van der Waals surface area contributed by atoms with E-state index in [9.17, 15) is 17.7 Å². The minimum atomic E-state index is -4.89. The quantitative estimate of drug-likeness (QED) is 0.640. The first kappa shape index (κ1) is 10.8. The van der Waals surface area contributed by atoms with Gasteiger partial charge >= 0.3 is 14.6 Å². The molecule has 0 aliphatic carbocycles. The third-order valence-electron chi connectivity index (χ3n) is 0.579. The summed E-state index contributed by atoms with van der Waals surface area (Å²) in [5, 5.41) is 0. The van der Waals surface area contributed by atoms with E-state index in [2.05, 4.69) is 9.05 Å². The van der Waals surface area contributed by atoms with Crippen LogP contribution in [0.25, 0.3) is 0 Å². The Kier molecular flexibility index (Phi) is 4.56. The van der Waals surface area contributed by atoms with Crippen LogP contribution in [0.3, 0.4) is 0 Å². The van der Waals surface area contributed by atoms with E-state index in [1.54, 1.807) is 6.92 Å². The highest BCUT2D eigenvalue weighted by atomic mass is 31.1. The number of alkyl halides is 3. The monoisotopic (exact) mass is 191 g/mol. The van der Waals surface area contributed by atoms with Gasteiger partial charge in [0.05, 0.1) is 0 Å². The van der Waals surface area contributed by atoms with E-state index in [-0.39, 0.29) is 6.61 Å². The van der Waals surface area contributed by atoms with E-state index in [1.807, 2.05) is 0 Å². The minimum absolute atomic E-state index is 0.00865. The molecule has 0 saturated heterocycles. The van der Waals surface area contributed by atoms with Crippen LogP contribution in [0.4, 0.5) is 13.2 Å². The summed E-state index contributed by atoms with van der Waals surface area (Å²) in [6.45, 7) is 1.67. The van der Waals surface area contributed by atoms with Crippen LogP contribution in [0.15, 0.2) is 0 Å². The smallest absolute Gasteiger partial charge is 0.141 e. The van der Waals surface area contributed by atoms with E-state index in [1.165, 1.54) is 0 Å². The van der Waals surface area contributed by atoms with Crippen molar-refractivity contribution in [1.82, 2.24) is 0 Å². The molecule has 0 aliphatic heterocycles. The summed E-state index contributed by atoms with van der Waals surface area (Å²) < 4.78 is 51.1. The first-order chi connectivity index (χ1) is 4.95. The Labute approximate surface area is 62.4 Å². The summed E-state index contributed by atoms with van der Waals surface area (Å²) in [6.07, 6.45) is -4.40. The highest BCUT2D eigenvalue weighted by molar-refractivity contribution is 7.33. The van der Waals surface area contributed by atoms with Crippen LogP contribution in [-0.4, -0.2) is 13.0 Å². The van der Waals surface area contributed by atoms with Crippen LogP contribution in [0.1, 0.15) is 13.3 Å². The molecule has 0 aromatic rings. The largest absolute Gasteiger partial charge is 0.706 e. The molecular formula is C4H7F3O3P+. The predicted molar refractivity (Wildman–Crippen MR) is 31.0 cm³/mol. The zero-order valence-electron chi connectivity index (χ0n) is 5.72. The molecule has 0 saturated carbocycles. The van der Waals surface area contributed by atoms with Gasteiger partial charge in [0.25, 0.3) is 0 Å². The van der Waals surface area contributed by atoms with E-state index >= 15 is 0 Å². The molecule has 1 unspecified atom stereocenters. The second-order valence-electron chi connectivity index (χ2n) is 1.59. The third kappa shape index (κ3) is 7.71. The van der Waals surface area contributed by atoms with Crippen molar-refractivity contribution >= 4 is 8.25 Å². The molecule has 0 aliphatic rings. The predicted octanol–water partition coefficient (Wildman–Crippen LogP) is 2.61. The van der Waals surface area contributed by atoms with Gasteiger partial charge in [-0.2, -0.15) is 0 Å². The van der Waals surface area contributed by atoms with Gasteiger partial charge < -0.3 is 0 Å². The van der Waals surface area contributed by atoms with Crippen LogP contribution in [0.2, 0.25) is 0 Å². The molecular weight excluding hydrogens is 184 g/mol. The highest BCUT2D eigenvalue weighted by Gasteiger charge is 2.43. The maximum atomic E-state index is 11.2. The maximum absolute atomic E-state index is 11.2. The lowest BCUT2D eigenvalue weighted by Gasteiger charge is -1.93. The Hall–Kier alpha value is -0.190. The lowest BCUT2D eigenvalue weighted by molar-refractivity contribution is -0.275. The Morgan fingerprint density at radius 2 is 2.00 bits per heavy atom. The van der Waals surface area contributed by atoms with Crippen LogP contribution >= 0.6 is 8.25 Å². The van der Waals surface area contributed by atoms with E-state index in [0.29, 0.717) is 6.42 Å². The molecule has 0 spiro atoms. The lowest BCUT2D eigenvalue weighted by atomic mass is 10.5. The average molecular weight is 191 g/mol. The van der Waals surface area contributed by atoms with Crippen molar-refractivity contribution in [2.45, 2.75) is 19.7 Å². The van der Waals surface area contributed by atoms with Crippen LogP contribution in [0.5, 0.6) is 0 Å². The van der Waals surface area contributed by atoms with Crippen LogP contribution in [-0.2, 0) is 13.6 Å². The van der Waals surface area contributed by atoms with Crippen molar-refractivity contribution in [3.63, 3.8) is 0 Å². The van der Waals surface area contributed by atoms with Gasteiger partial charge in [-0.15, -0.1) is 17.7 Å². The van der Waals surface area contributed by atoms with E-state index in [4.69, 9.17) is 0 Å². The van der Waals surface area contributed by atoms with E-state index in [0.717, 1.165) is 0 Å². The topological polar surface area (TPSA) is 35.5 Å². The second kappa shape index (κ2) is 4.64. The second-order valence-corrected chi connectivity index (χ2v) is 2.48. The van der Waals surface area contributed by atoms with Crippen molar-refractivity contribution in [1.29, 1.82) is 0 Å². The third-order valence-corrected chi connectivity index (χ3v) is 1.33. The number of rotatable bonds is 4. The van der Waals surface area contributed by atoms with Gasteiger partial charge in [-0.05, 0) is 10.9 Å². The number of hydrogen-bond donors (Lipinski definition) is 0. The van der Waals surface area contributed by atoms with Crippen LogP contribution in [0, 0.1) is 0 Å². The summed E-state index contributed by atoms with van der Waals surface area (Å²) >= 11 is 0. The fourth-order valence-corrected chi connectivity index (χ4v) is 0.830. The minimum Gasteiger partial charge on any atom is -0.141 e. The van der Waals surface area contributed by atoms with Gasteiger partial charge in [-0.25, -0.2) is 0 Å². The van der Waals surface area contributed by atoms with Gasteiger partial charge in [0.1, 0.15) is 6.61 Å². The van der Waals surface area contributed by atoms with Crippen molar-refractivity contribution in [3.05, 3.63) is 0 Å². The standard InChI is InChI=1S/C4H7F3O3P/c1-2-3-9-11(8)10-4(5,6)7/h2-3H2,1H3/q+1. The fourth-order valence-electron chi connectivity index (χ4n) is 0.277. The first-order valence-electron chi connectivity index (χ1n) is 2.81. The molecule has 0 aromatic carbocycles. The average Bonchev–Trinajstić information content (AvgIpc) is 1.79. The Bertz CT molecular complexity index is 135. The zero-order chi connectivity index (χ0) is 8.91. The highest BCUT2D eigenvalue weighted by Crippen LogP contribution is 2.34. The molecule has 0 heterocycles. The Balaban J connectivity index is 3.53. The van der Waals surface area contributed by atoms with Gasteiger partial charge in [-0.3, -0.25) is 0 Å². The molecule has 0 radical (unpaired) electrons. The van der Waals surface area contributed by atoms with Crippen molar-refractivity contribution in [3.8, 4) is 0 Å². The molecule has 0 N–H and O–H groups in total. The van der Waals surface area contributed by atoms with Crippen molar-refractivity contribution < 1.29 is 26.8 Å². The Morgan fingerprint density at radius 3 is 2.36 bits per heavy atom. The molecule has 0 fully saturated rings. The van der Waals surface area contributed by atoms with Gasteiger partial charge in [0.15, 0.2) is 0 Å².